The summed E-state index contributed by atoms with van der Waals surface area (Å²) in [5.74, 6) is -0.773. The Morgan fingerprint density at radius 1 is 1.23 bits per heavy atom. The summed E-state index contributed by atoms with van der Waals surface area (Å²) in [6.07, 6.45) is 2.34. The van der Waals surface area contributed by atoms with Gasteiger partial charge in [-0.2, -0.15) is 0 Å². The summed E-state index contributed by atoms with van der Waals surface area (Å²) in [7, 11) is 0. The predicted molar refractivity (Wildman–Crippen MR) is 47.6 cm³/mol. The van der Waals surface area contributed by atoms with Gasteiger partial charge in [-0.05, 0) is 24.1 Å². The summed E-state index contributed by atoms with van der Waals surface area (Å²) in [5, 5.41) is 0.377. The van der Waals surface area contributed by atoms with E-state index in [0.717, 1.165) is 17.7 Å². The minimum Gasteiger partial charge on any atom is -0.358 e. The average Bonchev–Trinajstić information content (AvgIpc) is 2.56. The molecule has 68 valence electrons. The third-order valence-electron chi connectivity index (χ3n) is 2.20. The molecule has 1 aromatic carbocycles. The van der Waals surface area contributed by atoms with Gasteiger partial charge in [0.05, 0.1) is 5.52 Å². The van der Waals surface area contributed by atoms with E-state index in [1.165, 1.54) is 0 Å². The standard InChI is InChI=1S/C10H9F2N/c1-2-6-5-13-10-8(12)4-3-7(11)9(6)10/h3-5,13H,2H2,1H3. The van der Waals surface area contributed by atoms with E-state index in [1.54, 1.807) is 6.20 Å². The highest BCUT2D eigenvalue weighted by atomic mass is 19.1. The molecule has 0 radical (unpaired) electrons. The van der Waals surface area contributed by atoms with E-state index in [-0.39, 0.29) is 11.3 Å². The Labute approximate surface area is 74.4 Å². The maximum Gasteiger partial charge on any atom is 0.147 e. The van der Waals surface area contributed by atoms with Crippen LogP contribution in [0.4, 0.5) is 8.78 Å². The quantitative estimate of drug-likeness (QED) is 0.696. The van der Waals surface area contributed by atoms with Crippen molar-refractivity contribution in [2.75, 3.05) is 0 Å². The molecule has 1 N–H and O–H groups in total. The van der Waals surface area contributed by atoms with Gasteiger partial charge in [0.1, 0.15) is 11.6 Å². The Kier molecular flexibility index (Phi) is 1.79. The molecule has 0 atom stereocenters. The van der Waals surface area contributed by atoms with Crippen molar-refractivity contribution in [2.45, 2.75) is 13.3 Å². The monoisotopic (exact) mass is 181 g/mol. The summed E-state index contributed by atoms with van der Waals surface area (Å²) < 4.78 is 26.4. The zero-order chi connectivity index (χ0) is 9.42. The molecule has 1 nitrogen and oxygen atoms in total. The fourth-order valence-corrected chi connectivity index (χ4v) is 1.52. The summed E-state index contributed by atoms with van der Waals surface area (Å²) in [5.41, 5.74) is 1.07. The van der Waals surface area contributed by atoms with Crippen molar-refractivity contribution >= 4 is 10.9 Å². The lowest BCUT2D eigenvalue weighted by molar-refractivity contribution is 0.616. The molecule has 1 heterocycles. The maximum absolute atomic E-state index is 13.3. The van der Waals surface area contributed by atoms with Crippen molar-refractivity contribution in [2.24, 2.45) is 0 Å². The van der Waals surface area contributed by atoms with E-state index >= 15 is 0 Å². The van der Waals surface area contributed by atoms with Crippen LogP contribution in [-0.4, -0.2) is 4.98 Å². The van der Waals surface area contributed by atoms with Gasteiger partial charge < -0.3 is 4.98 Å². The van der Waals surface area contributed by atoms with Crippen molar-refractivity contribution in [1.82, 2.24) is 4.98 Å². The molecule has 0 saturated heterocycles. The van der Waals surface area contributed by atoms with Crippen molar-refractivity contribution in [1.29, 1.82) is 0 Å². The van der Waals surface area contributed by atoms with E-state index in [4.69, 9.17) is 0 Å². The number of aromatic nitrogens is 1. The minimum absolute atomic E-state index is 0.261. The second kappa shape index (κ2) is 2.83. The first-order valence-electron chi connectivity index (χ1n) is 4.18. The molecule has 3 heteroatoms. The highest BCUT2D eigenvalue weighted by molar-refractivity contribution is 5.84. The third kappa shape index (κ3) is 1.11. The fraction of sp³-hybridized carbons (Fsp3) is 0.200. The van der Waals surface area contributed by atoms with Gasteiger partial charge in [0, 0.05) is 11.6 Å². The van der Waals surface area contributed by atoms with E-state index in [2.05, 4.69) is 4.98 Å². The lowest BCUT2D eigenvalue weighted by atomic mass is 10.1. The first kappa shape index (κ1) is 8.23. The van der Waals surface area contributed by atoms with Gasteiger partial charge >= 0.3 is 0 Å². The maximum atomic E-state index is 13.3. The predicted octanol–water partition coefficient (Wildman–Crippen LogP) is 3.01. The average molecular weight is 181 g/mol. The minimum atomic E-state index is -0.406. The number of fused-ring (bicyclic) bond motifs is 1. The zero-order valence-electron chi connectivity index (χ0n) is 7.20. The number of hydrogen-bond acceptors (Lipinski definition) is 0. The second-order valence-electron chi connectivity index (χ2n) is 2.95. The van der Waals surface area contributed by atoms with Crippen molar-refractivity contribution in [3.8, 4) is 0 Å². The number of H-pyrrole nitrogens is 1. The molecule has 0 unspecified atom stereocenters. The van der Waals surface area contributed by atoms with Crippen LogP contribution in [0.2, 0.25) is 0 Å². The van der Waals surface area contributed by atoms with Gasteiger partial charge in [-0.3, -0.25) is 0 Å². The first-order valence-corrected chi connectivity index (χ1v) is 4.18. The molecule has 2 aromatic rings. The molecular formula is C10H9F2N. The van der Waals surface area contributed by atoms with Gasteiger partial charge in [0.15, 0.2) is 0 Å². The molecule has 2 rings (SSSR count). The highest BCUT2D eigenvalue weighted by Gasteiger charge is 2.10. The number of halogens is 2. The largest absolute Gasteiger partial charge is 0.358 e. The van der Waals surface area contributed by atoms with Crippen LogP contribution in [0.3, 0.4) is 0 Å². The van der Waals surface area contributed by atoms with Crippen molar-refractivity contribution < 1.29 is 8.78 Å². The van der Waals surface area contributed by atoms with Gasteiger partial charge in [-0.25, -0.2) is 8.78 Å². The van der Waals surface area contributed by atoms with Crippen LogP contribution in [0.5, 0.6) is 0 Å². The van der Waals surface area contributed by atoms with Gasteiger partial charge in [0.2, 0.25) is 0 Å². The molecular weight excluding hydrogens is 172 g/mol. The van der Waals surface area contributed by atoms with Crippen LogP contribution < -0.4 is 0 Å². The van der Waals surface area contributed by atoms with Crippen LogP contribution in [-0.2, 0) is 6.42 Å². The SMILES string of the molecule is CCc1c[nH]c2c(F)ccc(F)c12. The van der Waals surface area contributed by atoms with E-state index < -0.39 is 5.82 Å². The summed E-state index contributed by atoms with van der Waals surface area (Å²) in [6, 6.07) is 2.29. The lowest BCUT2D eigenvalue weighted by Gasteiger charge is -1.96. The van der Waals surface area contributed by atoms with Crippen LogP contribution in [0.1, 0.15) is 12.5 Å². The molecule has 0 fully saturated rings. The van der Waals surface area contributed by atoms with Crippen LogP contribution in [0.25, 0.3) is 10.9 Å². The van der Waals surface area contributed by atoms with E-state index in [0.29, 0.717) is 11.8 Å². The molecule has 0 aliphatic carbocycles. The number of hydrogen-bond donors (Lipinski definition) is 1. The molecule has 0 saturated carbocycles. The fourth-order valence-electron chi connectivity index (χ4n) is 1.52. The number of rotatable bonds is 1. The molecule has 13 heavy (non-hydrogen) atoms. The molecule has 0 amide bonds. The second-order valence-corrected chi connectivity index (χ2v) is 2.95. The zero-order valence-corrected chi connectivity index (χ0v) is 7.20. The number of aryl methyl sites for hydroxylation is 1. The Morgan fingerprint density at radius 3 is 2.62 bits per heavy atom. The van der Waals surface area contributed by atoms with Gasteiger partial charge in [0.25, 0.3) is 0 Å². The van der Waals surface area contributed by atoms with Crippen LogP contribution in [0, 0.1) is 11.6 Å². The lowest BCUT2D eigenvalue weighted by Crippen LogP contribution is -1.84. The first-order chi connectivity index (χ1) is 6.24. The number of benzene rings is 1. The van der Waals surface area contributed by atoms with Gasteiger partial charge in [-0.1, -0.05) is 6.92 Å². The Morgan fingerprint density at radius 2 is 1.92 bits per heavy atom. The highest BCUT2D eigenvalue weighted by Crippen LogP contribution is 2.24. The summed E-state index contributed by atoms with van der Waals surface area (Å²) in [4.78, 5) is 2.73. The number of nitrogens with one attached hydrogen (secondary N) is 1. The Bertz CT molecular complexity index is 445. The topological polar surface area (TPSA) is 15.8 Å². The molecule has 0 bridgehead atoms. The smallest absolute Gasteiger partial charge is 0.147 e. The summed E-state index contributed by atoms with van der Waals surface area (Å²) in [6.45, 7) is 1.91. The Hall–Kier alpha value is -1.38. The molecule has 1 aromatic heterocycles. The third-order valence-corrected chi connectivity index (χ3v) is 2.20. The van der Waals surface area contributed by atoms with Crippen molar-refractivity contribution in [3.63, 3.8) is 0 Å². The summed E-state index contributed by atoms with van der Waals surface area (Å²) >= 11 is 0. The normalized spacial score (nSPS) is 11.0. The van der Waals surface area contributed by atoms with E-state index in [9.17, 15) is 8.78 Å². The molecule has 0 spiro atoms. The number of aromatic amines is 1. The van der Waals surface area contributed by atoms with E-state index in [1.807, 2.05) is 6.92 Å². The Balaban J connectivity index is 2.87. The molecule has 0 aliphatic heterocycles. The van der Waals surface area contributed by atoms with Crippen LogP contribution in [0.15, 0.2) is 18.3 Å². The van der Waals surface area contributed by atoms with Crippen molar-refractivity contribution in [3.05, 3.63) is 35.5 Å². The van der Waals surface area contributed by atoms with Crippen LogP contribution >= 0.6 is 0 Å². The van der Waals surface area contributed by atoms with Gasteiger partial charge in [-0.15, -0.1) is 0 Å². The molecule has 0 aliphatic rings.